The first-order valence-electron chi connectivity index (χ1n) is 25.0. The van der Waals surface area contributed by atoms with Crippen LogP contribution in [0.4, 0.5) is 11.4 Å². The number of benzene rings is 1. The van der Waals surface area contributed by atoms with Crippen molar-refractivity contribution in [2.75, 3.05) is 37.7 Å². The van der Waals surface area contributed by atoms with Gasteiger partial charge in [0.2, 0.25) is 35.4 Å². The smallest absolute Gasteiger partial charge is 0.396 e. The van der Waals surface area contributed by atoms with Gasteiger partial charge in [0.05, 0.1) is 35.9 Å². The van der Waals surface area contributed by atoms with Crippen LogP contribution in [0, 0.1) is 29.9 Å². The number of likely N-dealkylation sites (tertiary alicyclic amines) is 1. The Hall–Kier alpha value is -6.73. The van der Waals surface area contributed by atoms with Crippen molar-refractivity contribution >= 4 is 60.9 Å². The second-order valence-corrected chi connectivity index (χ2v) is 20.4. The lowest BCUT2D eigenvalue weighted by atomic mass is 10.0. The van der Waals surface area contributed by atoms with Crippen molar-refractivity contribution in [3.63, 3.8) is 0 Å². The van der Waals surface area contributed by atoms with E-state index in [2.05, 4.69) is 35.9 Å². The van der Waals surface area contributed by atoms with Gasteiger partial charge in [-0.2, -0.15) is 0 Å². The van der Waals surface area contributed by atoms with Gasteiger partial charge in [-0.1, -0.05) is 19.0 Å². The number of nitrogens with one attached hydrogen (secondary N) is 4. The Morgan fingerprint density at radius 3 is 2.27 bits per heavy atom. The molecule has 6 atom stereocenters. The van der Waals surface area contributed by atoms with Crippen molar-refractivity contribution in [2.45, 2.75) is 142 Å². The number of nitro groups is 1. The Morgan fingerprint density at radius 1 is 0.947 bits per heavy atom. The minimum atomic E-state index is -5.15. The number of hydrogen-bond acceptors (Lipinski definition) is 15. The molecule has 412 valence electrons. The number of primary amides is 1. The third-order valence-corrected chi connectivity index (χ3v) is 13.7. The average Bonchev–Trinajstić information content (AvgIpc) is 4.18. The Kier molecular flexibility index (Phi) is 21.4. The molecule has 1 aromatic carbocycles. The van der Waals surface area contributed by atoms with E-state index in [1.54, 1.807) is 23.2 Å². The number of nitrogens with two attached hydrogens (primary N) is 1. The van der Waals surface area contributed by atoms with Crippen LogP contribution in [0.25, 0.3) is 5.69 Å². The van der Waals surface area contributed by atoms with Crippen LogP contribution in [0.3, 0.4) is 0 Å². The minimum absolute atomic E-state index is 0.0582. The van der Waals surface area contributed by atoms with Gasteiger partial charge in [0.1, 0.15) is 42.5 Å². The maximum Gasteiger partial charge on any atom is 0.469 e. The predicted octanol–water partition coefficient (Wildman–Crippen LogP) is 1.53. The number of carbonyl (C=O) groups is 6. The fourth-order valence-corrected chi connectivity index (χ4v) is 9.88. The first kappa shape index (κ1) is 59.2. The number of nitrogens with zero attached hydrogens (tertiary/aromatic N) is 7. The standard InChI is InChI=1S/C48H71N12O14P/c1-29(2)21-37(53-48(67)41-13-12-19-58(41)33(6)62)45(64)52-38(46(65)54-39(27-61)47(66)55-43(44(49)63)32(5)74-75(70,71)72)23-36-26-50-28-57(36)18-8-7-11-20-73-51-25-34-22-30(3)59(31(34)4)35-14-15-40(42(24-35)60(68)69)56-16-9-10-17-56/h14-15,22,24-26,28-29,32,37-39,41,43,61H,7-13,16-21,23,27H2,1-6H3,(H2,49,63)(H,52,64)(H,53,67)(H,54,65)(H,55,66)(H2,70,71,72)/b51-25+/t32-,37+,38+,39+,41+,43+/m1/s1. The number of anilines is 1. The number of aryl methyl sites for hydroxylation is 2. The van der Waals surface area contributed by atoms with E-state index >= 15 is 0 Å². The van der Waals surface area contributed by atoms with Crippen molar-refractivity contribution in [3.05, 3.63) is 69.5 Å². The van der Waals surface area contributed by atoms with Crippen LogP contribution in [0.5, 0.6) is 0 Å². The molecule has 27 heteroatoms. The molecule has 0 bridgehead atoms. The molecule has 2 fully saturated rings. The lowest BCUT2D eigenvalue weighted by Gasteiger charge is -2.28. The molecule has 0 saturated carbocycles. The van der Waals surface area contributed by atoms with E-state index < -0.39 is 80.3 Å². The SMILES string of the molecule is CC(=O)N1CCC[C@H]1C(=O)N[C@@H](CC(C)C)C(=O)N[C@@H](Cc1cncn1CCCCCO/N=C/c1cc(C)n(-c2ccc(N3CCCC3)c([N+](=O)[O-])c2)c1C)C(=O)N[C@@H](CO)C(=O)N[C@H](C(N)=O)[C@@H](C)OP(=O)(O)O. The van der Waals surface area contributed by atoms with Gasteiger partial charge < -0.3 is 65.7 Å². The maximum absolute atomic E-state index is 14.1. The highest BCUT2D eigenvalue weighted by Crippen LogP contribution is 2.38. The summed E-state index contributed by atoms with van der Waals surface area (Å²) in [5.41, 5.74) is 9.69. The van der Waals surface area contributed by atoms with E-state index in [1.807, 2.05) is 55.4 Å². The van der Waals surface area contributed by atoms with Crippen LogP contribution in [-0.2, 0) is 55.7 Å². The number of aliphatic hydroxyl groups is 1. The van der Waals surface area contributed by atoms with Gasteiger partial charge in [-0.25, -0.2) is 9.55 Å². The number of amides is 6. The lowest BCUT2D eigenvalue weighted by Crippen LogP contribution is -2.61. The van der Waals surface area contributed by atoms with Crippen molar-refractivity contribution in [2.24, 2.45) is 16.8 Å². The molecular formula is C48H71N12O14P. The number of hydrogen-bond donors (Lipinski definition) is 8. The number of aliphatic hydroxyl groups excluding tert-OH is 1. The fraction of sp³-hybridized carbons (Fsp3) is 0.583. The van der Waals surface area contributed by atoms with Crippen molar-refractivity contribution in [1.29, 1.82) is 0 Å². The van der Waals surface area contributed by atoms with Crippen molar-refractivity contribution in [3.8, 4) is 5.69 Å². The molecule has 2 aliphatic heterocycles. The largest absolute Gasteiger partial charge is 0.469 e. The van der Waals surface area contributed by atoms with E-state index in [4.69, 9.17) is 10.6 Å². The molecule has 2 aliphatic rings. The molecule has 2 aromatic heterocycles. The van der Waals surface area contributed by atoms with Crippen LogP contribution < -0.4 is 31.9 Å². The third kappa shape index (κ3) is 16.6. The first-order chi connectivity index (χ1) is 35.5. The molecule has 0 radical (unpaired) electrons. The molecule has 6 amide bonds. The molecule has 5 rings (SSSR count). The van der Waals surface area contributed by atoms with E-state index in [-0.39, 0.29) is 35.3 Å². The monoisotopic (exact) mass is 1070 g/mol. The lowest BCUT2D eigenvalue weighted by molar-refractivity contribution is -0.384. The summed E-state index contributed by atoms with van der Waals surface area (Å²) in [7, 11) is -5.15. The number of aromatic nitrogens is 3. The Labute approximate surface area is 434 Å². The van der Waals surface area contributed by atoms with Gasteiger partial charge in [-0.05, 0) is 96.3 Å². The van der Waals surface area contributed by atoms with E-state index in [9.17, 15) is 58.3 Å². The van der Waals surface area contributed by atoms with Gasteiger partial charge in [-0.3, -0.25) is 43.4 Å². The van der Waals surface area contributed by atoms with Gasteiger partial charge >= 0.3 is 7.82 Å². The molecule has 0 unspecified atom stereocenters. The predicted molar refractivity (Wildman–Crippen MR) is 273 cm³/mol. The molecule has 26 nitrogen and oxygen atoms in total. The highest BCUT2D eigenvalue weighted by molar-refractivity contribution is 7.46. The van der Waals surface area contributed by atoms with Crippen LogP contribution >= 0.6 is 7.82 Å². The van der Waals surface area contributed by atoms with Crippen molar-refractivity contribution < 1.29 is 62.5 Å². The van der Waals surface area contributed by atoms with E-state index in [0.29, 0.717) is 68.9 Å². The van der Waals surface area contributed by atoms with E-state index in [0.717, 1.165) is 49.8 Å². The molecule has 2 saturated heterocycles. The summed E-state index contributed by atoms with van der Waals surface area (Å²) in [5.74, 6) is -5.09. The number of nitro benzene ring substituents is 1. The second-order valence-electron chi connectivity index (χ2n) is 19.3. The highest BCUT2D eigenvalue weighted by Gasteiger charge is 2.37. The molecule has 3 aromatic rings. The summed E-state index contributed by atoms with van der Waals surface area (Å²) in [5, 5.41) is 36.4. The first-order valence-corrected chi connectivity index (χ1v) is 26.5. The van der Waals surface area contributed by atoms with Gasteiger partial charge in [-0.15, -0.1) is 0 Å². The van der Waals surface area contributed by atoms with Crippen LogP contribution in [0.2, 0.25) is 0 Å². The number of imidazole rings is 1. The van der Waals surface area contributed by atoms with Gasteiger partial charge in [0.25, 0.3) is 5.69 Å². The summed E-state index contributed by atoms with van der Waals surface area (Å²) in [4.78, 5) is 123. The molecular weight excluding hydrogens is 1000 g/mol. The molecule has 0 spiro atoms. The number of oxime groups is 1. The highest BCUT2D eigenvalue weighted by atomic mass is 31.2. The summed E-state index contributed by atoms with van der Waals surface area (Å²) in [6, 6.07) is 0.229. The topological polar surface area (TPSA) is 358 Å². The number of unbranched alkanes of at least 4 members (excludes halogenated alkanes) is 2. The van der Waals surface area contributed by atoms with E-state index in [1.165, 1.54) is 18.0 Å². The summed E-state index contributed by atoms with van der Waals surface area (Å²) >= 11 is 0. The van der Waals surface area contributed by atoms with Crippen LogP contribution in [0.1, 0.15) is 102 Å². The number of rotatable bonds is 28. The maximum atomic E-state index is 14.1. The quantitative estimate of drug-likeness (QED) is 0.0168. The van der Waals surface area contributed by atoms with Gasteiger partial charge in [0, 0.05) is 74.4 Å². The minimum Gasteiger partial charge on any atom is -0.396 e. The molecule has 0 aliphatic carbocycles. The Balaban J connectivity index is 1.23. The summed E-state index contributed by atoms with van der Waals surface area (Å²) in [6.07, 6.45) is 7.86. The number of phosphoric ester groups is 1. The third-order valence-electron chi connectivity index (χ3n) is 13.1. The fourth-order valence-electron chi connectivity index (χ4n) is 9.33. The van der Waals surface area contributed by atoms with Gasteiger partial charge in [0.15, 0.2) is 0 Å². The zero-order valence-corrected chi connectivity index (χ0v) is 44.1. The van der Waals surface area contributed by atoms with Crippen LogP contribution in [0.15, 0.2) is 41.9 Å². The number of phosphoric acid groups is 1. The summed E-state index contributed by atoms with van der Waals surface area (Å²) in [6.45, 7) is 11.5. The zero-order valence-electron chi connectivity index (χ0n) is 43.2. The van der Waals surface area contributed by atoms with Crippen LogP contribution in [-0.4, -0.2) is 150 Å². The normalized spacial score (nSPS) is 16.9. The second kappa shape index (κ2) is 27.2. The number of carbonyl (C=O) groups excluding carboxylic acids is 6. The summed E-state index contributed by atoms with van der Waals surface area (Å²) < 4.78 is 19.7. The molecule has 75 heavy (non-hydrogen) atoms. The van der Waals surface area contributed by atoms with Crippen molar-refractivity contribution in [1.82, 2.24) is 40.3 Å². The average molecular weight is 1070 g/mol. The Bertz CT molecular complexity index is 2590. The Morgan fingerprint density at radius 2 is 1.63 bits per heavy atom. The molecule has 9 N–H and O–H groups in total. The molecule has 4 heterocycles. The zero-order chi connectivity index (χ0) is 55.1.